The minimum atomic E-state index is 0.602. The van der Waals surface area contributed by atoms with E-state index in [1.165, 1.54) is 25.0 Å². The van der Waals surface area contributed by atoms with Gasteiger partial charge in [0, 0.05) is 19.4 Å². The number of aryl methyl sites for hydroxylation is 1. The highest BCUT2D eigenvalue weighted by atomic mass is 79.9. The first-order valence-corrected chi connectivity index (χ1v) is 6.10. The van der Waals surface area contributed by atoms with Crippen molar-refractivity contribution in [2.24, 2.45) is 0 Å². The van der Waals surface area contributed by atoms with Gasteiger partial charge in [-0.3, -0.25) is 0 Å². The molecular weight excluding hydrogens is 268 g/mol. The van der Waals surface area contributed by atoms with Gasteiger partial charge < -0.3 is 0 Å². The Bertz CT molecular complexity index is 447. The number of halogens is 2. The molecule has 0 nitrogen and oxygen atoms in total. The largest absolute Gasteiger partial charge is 0.139 e. The molecule has 68 valence electrons. The second-order valence-corrected chi connectivity index (χ2v) is 5.18. The zero-order valence-corrected chi connectivity index (χ0v) is 10.3. The van der Waals surface area contributed by atoms with Gasteiger partial charge in [-0.15, -0.1) is 22.9 Å². The maximum atomic E-state index is 5.79. The van der Waals surface area contributed by atoms with Gasteiger partial charge >= 0.3 is 0 Å². The number of hydrogen-bond donors (Lipinski definition) is 0. The highest BCUT2D eigenvalue weighted by molar-refractivity contribution is 9.10. The molecule has 0 N–H and O–H groups in total. The Labute approximate surface area is 94.7 Å². The Morgan fingerprint density at radius 2 is 2.23 bits per heavy atom. The van der Waals surface area contributed by atoms with Crippen LogP contribution in [0.15, 0.2) is 22.7 Å². The van der Waals surface area contributed by atoms with Gasteiger partial charge in [-0.05, 0) is 40.5 Å². The number of benzene rings is 1. The fraction of sp³-hybridized carbons (Fsp3) is 0.200. The molecule has 0 bridgehead atoms. The monoisotopic (exact) mass is 274 g/mol. The van der Waals surface area contributed by atoms with Crippen LogP contribution in [0.4, 0.5) is 0 Å². The van der Waals surface area contributed by atoms with Crippen molar-refractivity contribution >= 4 is 49.0 Å². The predicted molar refractivity (Wildman–Crippen MR) is 63.8 cm³/mol. The first-order chi connectivity index (χ1) is 6.22. The Hall–Kier alpha value is -0.0500. The lowest BCUT2D eigenvalue weighted by atomic mass is 10.2. The summed E-state index contributed by atoms with van der Waals surface area (Å²) >= 11 is 11.1. The minimum absolute atomic E-state index is 0.602. The molecule has 0 saturated heterocycles. The third-order valence-electron chi connectivity index (χ3n) is 2.01. The van der Waals surface area contributed by atoms with Crippen LogP contribution >= 0.6 is 38.9 Å². The molecule has 0 amide bonds. The maximum absolute atomic E-state index is 5.79. The summed E-state index contributed by atoms with van der Waals surface area (Å²) in [6.07, 6.45) is 0. The van der Waals surface area contributed by atoms with Crippen LogP contribution in [-0.2, 0) is 5.88 Å². The van der Waals surface area contributed by atoms with Gasteiger partial charge in [-0.2, -0.15) is 0 Å². The van der Waals surface area contributed by atoms with Crippen molar-refractivity contribution in [3.05, 3.63) is 33.1 Å². The van der Waals surface area contributed by atoms with Gasteiger partial charge in [-0.25, -0.2) is 0 Å². The molecule has 1 aromatic carbocycles. The van der Waals surface area contributed by atoms with E-state index in [1.54, 1.807) is 11.3 Å². The van der Waals surface area contributed by atoms with Crippen LogP contribution < -0.4 is 0 Å². The summed E-state index contributed by atoms with van der Waals surface area (Å²) in [5.41, 5.74) is 1.27. The summed E-state index contributed by atoms with van der Waals surface area (Å²) in [7, 11) is 0. The Balaban J connectivity index is 2.76. The average molecular weight is 276 g/mol. The summed E-state index contributed by atoms with van der Waals surface area (Å²) in [6, 6.07) is 6.43. The molecule has 2 aromatic rings. The summed E-state index contributed by atoms with van der Waals surface area (Å²) in [6.45, 7) is 2.10. The quantitative estimate of drug-likeness (QED) is 0.661. The molecule has 3 heteroatoms. The second-order valence-electron chi connectivity index (χ2n) is 2.95. The predicted octanol–water partition coefficient (Wildman–Crippen LogP) is 4.71. The molecule has 0 unspecified atom stereocenters. The van der Waals surface area contributed by atoms with E-state index in [2.05, 4.69) is 41.1 Å². The van der Waals surface area contributed by atoms with Gasteiger partial charge in [0.25, 0.3) is 0 Å². The molecule has 0 aliphatic carbocycles. The van der Waals surface area contributed by atoms with E-state index in [-0.39, 0.29) is 0 Å². The van der Waals surface area contributed by atoms with Gasteiger partial charge in [0.2, 0.25) is 0 Å². The highest BCUT2D eigenvalue weighted by Crippen LogP contribution is 2.33. The minimum Gasteiger partial charge on any atom is -0.139 e. The Morgan fingerprint density at radius 1 is 1.46 bits per heavy atom. The van der Waals surface area contributed by atoms with Crippen molar-refractivity contribution in [2.75, 3.05) is 0 Å². The van der Waals surface area contributed by atoms with Gasteiger partial charge in [0.05, 0.1) is 5.88 Å². The van der Waals surface area contributed by atoms with E-state index in [4.69, 9.17) is 11.6 Å². The first kappa shape index (κ1) is 9.50. The molecule has 2 rings (SSSR count). The van der Waals surface area contributed by atoms with Crippen molar-refractivity contribution in [1.29, 1.82) is 0 Å². The van der Waals surface area contributed by atoms with Crippen LogP contribution in [0.3, 0.4) is 0 Å². The van der Waals surface area contributed by atoms with Crippen molar-refractivity contribution < 1.29 is 0 Å². The van der Waals surface area contributed by atoms with Gasteiger partial charge in [-0.1, -0.05) is 6.07 Å². The molecule has 0 aliphatic rings. The second kappa shape index (κ2) is 3.60. The van der Waals surface area contributed by atoms with Crippen LogP contribution in [0.1, 0.15) is 10.4 Å². The molecule has 0 aliphatic heterocycles. The molecule has 0 spiro atoms. The maximum Gasteiger partial charge on any atom is 0.0568 e. The number of hydrogen-bond acceptors (Lipinski definition) is 1. The fourth-order valence-electron chi connectivity index (χ4n) is 1.31. The van der Waals surface area contributed by atoms with Crippen LogP contribution in [0.25, 0.3) is 10.1 Å². The van der Waals surface area contributed by atoms with E-state index in [9.17, 15) is 0 Å². The summed E-state index contributed by atoms with van der Waals surface area (Å²) < 4.78 is 2.49. The average Bonchev–Trinajstić information content (AvgIpc) is 2.55. The summed E-state index contributed by atoms with van der Waals surface area (Å²) in [5.74, 6) is 0.602. The van der Waals surface area contributed by atoms with Crippen LogP contribution in [0, 0.1) is 6.92 Å². The van der Waals surface area contributed by atoms with Crippen LogP contribution in [0.5, 0.6) is 0 Å². The third kappa shape index (κ3) is 1.63. The molecule has 0 atom stereocenters. The van der Waals surface area contributed by atoms with Crippen molar-refractivity contribution in [3.8, 4) is 0 Å². The Kier molecular flexibility index (Phi) is 2.63. The molecule has 0 fully saturated rings. The Morgan fingerprint density at radius 3 is 2.92 bits per heavy atom. The molecule has 1 heterocycles. The lowest BCUT2D eigenvalue weighted by Gasteiger charge is -1.97. The van der Waals surface area contributed by atoms with E-state index in [0.29, 0.717) is 5.88 Å². The van der Waals surface area contributed by atoms with Crippen molar-refractivity contribution in [3.63, 3.8) is 0 Å². The first-order valence-electron chi connectivity index (χ1n) is 3.96. The number of thiophene rings is 1. The lowest BCUT2D eigenvalue weighted by Crippen LogP contribution is -1.73. The smallest absolute Gasteiger partial charge is 0.0568 e. The van der Waals surface area contributed by atoms with Gasteiger partial charge in [0.15, 0.2) is 0 Å². The summed E-state index contributed by atoms with van der Waals surface area (Å²) in [4.78, 5) is 1.22. The number of alkyl halides is 1. The standard InChI is InChI=1S/C10H8BrClS/c1-6-2-3-9-8(10(6)11)4-7(5-12)13-9/h2-4H,5H2,1H3. The molecule has 13 heavy (non-hydrogen) atoms. The normalized spacial score (nSPS) is 11.0. The molecular formula is C10H8BrClS. The molecule has 0 radical (unpaired) electrons. The van der Waals surface area contributed by atoms with E-state index in [0.717, 1.165) is 0 Å². The molecule has 1 aromatic heterocycles. The van der Waals surface area contributed by atoms with Crippen LogP contribution in [-0.4, -0.2) is 0 Å². The fourth-order valence-corrected chi connectivity index (χ4v) is 3.06. The van der Waals surface area contributed by atoms with Crippen molar-refractivity contribution in [2.45, 2.75) is 12.8 Å². The SMILES string of the molecule is Cc1ccc2sc(CCl)cc2c1Br. The third-order valence-corrected chi connectivity index (χ3v) is 4.61. The van der Waals surface area contributed by atoms with Gasteiger partial charge in [0.1, 0.15) is 0 Å². The topological polar surface area (TPSA) is 0 Å². The van der Waals surface area contributed by atoms with E-state index >= 15 is 0 Å². The zero-order chi connectivity index (χ0) is 9.42. The summed E-state index contributed by atoms with van der Waals surface area (Å²) in [5, 5.41) is 1.28. The number of fused-ring (bicyclic) bond motifs is 1. The van der Waals surface area contributed by atoms with E-state index < -0.39 is 0 Å². The molecule has 0 saturated carbocycles. The lowest BCUT2D eigenvalue weighted by molar-refractivity contribution is 1.47. The highest BCUT2D eigenvalue weighted by Gasteiger charge is 2.05. The van der Waals surface area contributed by atoms with E-state index in [1.807, 2.05) is 0 Å². The zero-order valence-electron chi connectivity index (χ0n) is 7.10. The number of rotatable bonds is 1. The van der Waals surface area contributed by atoms with Crippen molar-refractivity contribution in [1.82, 2.24) is 0 Å². The van der Waals surface area contributed by atoms with Crippen LogP contribution in [0.2, 0.25) is 0 Å².